The van der Waals surface area contributed by atoms with E-state index in [1.165, 1.54) is 0 Å². The molecular weight excluding hydrogens is 409 g/mol. The second-order valence-corrected chi connectivity index (χ2v) is 8.49. The highest BCUT2D eigenvalue weighted by Crippen LogP contribution is 2.24. The predicted molar refractivity (Wildman–Crippen MR) is 124 cm³/mol. The Morgan fingerprint density at radius 1 is 1.03 bits per heavy atom. The monoisotopic (exact) mass is 443 g/mol. The lowest BCUT2D eigenvalue weighted by Gasteiger charge is -2.23. The highest BCUT2D eigenvalue weighted by Gasteiger charge is 2.33. The van der Waals surface area contributed by atoms with Crippen molar-refractivity contribution in [1.82, 2.24) is 5.32 Å². The molecule has 32 heavy (non-hydrogen) atoms. The zero-order valence-corrected chi connectivity index (χ0v) is 18.6. The SMILES string of the molecule is CC(F)(CC[C@H](C[C@@H](O)CCc1ccccc1)C(=O)NCCc1ccc(N)cc1)C(N)=O. The number of halogens is 1. The summed E-state index contributed by atoms with van der Waals surface area (Å²) in [6, 6.07) is 17.2. The summed E-state index contributed by atoms with van der Waals surface area (Å²) >= 11 is 0. The van der Waals surface area contributed by atoms with Crippen LogP contribution in [-0.2, 0) is 22.4 Å². The largest absolute Gasteiger partial charge is 0.399 e. The van der Waals surface area contributed by atoms with Crippen molar-refractivity contribution >= 4 is 17.5 Å². The maximum Gasteiger partial charge on any atom is 0.254 e. The first-order chi connectivity index (χ1) is 15.2. The Morgan fingerprint density at radius 2 is 1.66 bits per heavy atom. The molecule has 0 bridgehead atoms. The fourth-order valence-corrected chi connectivity index (χ4v) is 3.51. The normalized spacial score (nSPS) is 14.8. The Labute approximate surface area is 189 Å². The Morgan fingerprint density at radius 3 is 2.28 bits per heavy atom. The Balaban J connectivity index is 1.92. The number of rotatable bonds is 13. The van der Waals surface area contributed by atoms with Gasteiger partial charge in [0.2, 0.25) is 5.91 Å². The van der Waals surface area contributed by atoms with Crippen molar-refractivity contribution in [2.24, 2.45) is 11.7 Å². The number of carbonyl (C=O) groups excluding carboxylic acids is 2. The number of anilines is 1. The average Bonchev–Trinajstić information content (AvgIpc) is 2.77. The third kappa shape index (κ3) is 8.67. The molecule has 0 aliphatic rings. The molecule has 0 saturated carbocycles. The fraction of sp³-hybridized carbons (Fsp3) is 0.440. The summed E-state index contributed by atoms with van der Waals surface area (Å²) in [4.78, 5) is 24.1. The van der Waals surface area contributed by atoms with Crippen LogP contribution < -0.4 is 16.8 Å². The summed E-state index contributed by atoms with van der Waals surface area (Å²) < 4.78 is 14.4. The Bertz CT molecular complexity index is 856. The molecule has 0 aliphatic carbocycles. The number of aliphatic hydroxyl groups excluding tert-OH is 1. The number of benzene rings is 2. The molecule has 7 heteroatoms. The van der Waals surface area contributed by atoms with Crippen molar-refractivity contribution in [3.8, 4) is 0 Å². The molecule has 2 amide bonds. The van der Waals surface area contributed by atoms with Gasteiger partial charge in [-0.3, -0.25) is 9.59 Å². The number of nitrogens with two attached hydrogens (primary N) is 2. The smallest absolute Gasteiger partial charge is 0.254 e. The van der Waals surface area contributed by atoms with E-state index in [0.29, 0.717) is 31.5 Å². The number of hydrogen-bond acceptors (Lipinski definition) is 4. The molecule has 0 fully saturated rings. The van der Waals surface area contributed by atoms with Crippen LogP contribution in [0.3, 0.4) is 0 Å². The number of carbonyl (C=O) groups is 2. The molecule has 0 aromatic heterocycles. The minimum Gasteiger partial charge on any atom is -0.399 e. The average molecular weight is 444 g/mol. The van der Waals surface area contributed by atoms with Gasteiger partial charge in [0.25, 0.3) is 5.91 Å². The van der Waals surface area contributed by atoms with Gasteiger partial charge in [0.15, 0.2) is 5.67 Å². The first-order valence-corrected chi connectivity index (χ1v) is 11.0. The third-order valence-electron chi connectivity index (χ3n) is 5.71. The van der Waals surface area contributed by atoms with E-state index in [9.17, 15) is 19.1 Å². The van der Waals surface area contributed by atoms with Crippen molar-refractivity contribution in [3.05, 3.63) is 65.7 Å². The fourth-order valence-electron chi connectivity index (χ4n) is 3.51. The second kappa shape index (κ2) is 12.2. The number of aryl methyl sites for hydroxylation is 1. The minimum atomic E-state index is -2.20. The first kappa shape index (κ1) is 25.3. The predicted octanol–water partition coefficient (Wildman–Crippen LogP) is 2.92. The minimum absolute atomic E-state index is 0.117. The number of alkyl halides is 1. The van der Waals surface area contributed by atoms with Crippen LogP contribution in [0.2, 0.25) is 0 Å². The van der Waals surface area contributed by atoms with E-state index >= 15 is 0 Å². The number of hydrogen-bond donors (Lipinski definition) is 4. The molecule has 2 aromatic carbocycles. The standard InChI is InChI=1S/C25H34FN3O3/c1-25(26,24(28)32)15-13-20(17-22(30)12-9-18-5-3-2-4-6-18)23(31)29-16-14-19-7-10-21(27)11-8-19/h2-8,10-11,20,22,30H,9,12-17,27H2,1H3,(H2,28,32)(H,29,31)/t20-,22+,25?/m1/s1. The topological polar surface area (TPSA) is 118 Å². The molecule has 0 heterocycles. The van der Waals surface area contributed by atoms with Gasteiger partial charge in [0.1, 0.15) is 0 Å². The molecule has 6 N–H and O–H groups in total. The molecule has 0 saturated heterocycles. The van der Waals surface area contributed by atoms with Crippen LogP contribution in [-0.4, -0.2) is 35.2 Å². The number of aliphatic hydroxyl groups is 1. The van der Waals surface area contributed by atoms with E-state index in [2.05, 4.69) is 5.32 Å². The van der Waals surface area contributed by atoms with Crippen LogP contribution in [0.4, 0.5) is 10.1 Å². The van der Waals surface area contributed by atoms with Gasteiger partial charge in [0, 0.05) is 18.2 Å². The van der Waals surface area contributed by atoms with E-state index in [1.54, 1.807) is 12.1 Å². The third-order valence-corrected chi connectivity index (χ3v) is 5.71. The molecule has 1 unspecified atom stereocenters. The summed E-state index contributed by atoms with van der Waals surface area (Å²) in [5.41, 5.74) is 11.4. The van der Waals surface area contributed by atoms with Crippen molar-refractivity contribution in [2.45, 2.75) is 57.2 Å². The van der Waals surface area contributed by atoms with Gasteiger partial charge in [-0.1, -0.05) is 42.5 Å². The van der Waals surface area contributed by atoms with Crippen LogP contribution in [0.5, 0.6) is 0 Å². The van der Waals surface area contributed by atoms with Gasteiger partial charge in [-0.15, -0.1) is 0 Å². The lowest BCUT2D eigenvalue weighted by Crippen LogP contribution is -2.39. The van der Waals surface area contributed by atoms with Gasteiger partial charge in [-0.05, 0) is 68.7 Å². The lowest BCUT2D eigenvalue weighted by molar-refractivity contribution is -0.131. The Kier molecular flexibility index (Phi) is 9.65. The lowest BCUT2D eigenvalue weighted by atomic mass is 9.88. The highest BCUT2D eigenvalue weighted by atomic mass is 19.1. The van der Waals surface area contributed by atoms with Crippen molar-refractivity contribution in [3.63, 3.8) is 0 Å². The first-order valence-electron chi connectivity index (χ1n) is 11.0. The molecule has 3 atom stereocenters. The molecule has 2 aromatic rings. The number of nitrogen functional groups attached to an aromatic ring is 1. The Hall–Kier alpha value is -2.93. The molecule has 174 valence electrons. The maximum atomic E-state index is 14.4. The van der Waals surface area contributed by atoms with E-state index in [4.69, 9.17) is 11.5 Å². The van der Waals surface area contributed by atoms with Crippen LogP contribution in [0.1, 0.15) is 43.7 Å². The van der Waals surface area contributed by atoms with Crippen molar-refractivity contribution in [1.29, 1.82) is 0 Å². The van der Waals surface area contributed by atoms with E-state index < -0.39 is 23.6 Å². The summed E-state index contributed by atoms with van der Waals surface area (Å²) in [5, 5.41) is 13.4. The number of primary amides is 1. The van der Waals surface area contributed by atoms with E-state index in [-0.39, 0.29) is 25.2 Å². The molecule has 0 aliphatic heterocycles. The van der Waals surface area contributed by atoms with Crippen molar-refractivity contribution in [2.75, 3.05) is 12.3 Å². The molecule has 2 rings (SSSR count). The van der Waals surface area contributed by atoms with Gasteiger partial charge in [-0.2, -0.15) is 0 Å². The van der Waals surface area contributed by atoms with Gasteiger partial charge in [0.05, 0.1) is 6.10 Å². The van der Waals surface area contributed by atoms with Gasteiger partial charge >= 0.3 is 0 Å². The quantitative estimate of drug-likeness (QED) is 0.356. The molecule has 6 nitrogen and oxygen atoms in total. The van der Waals surface area contributed by atoms with Crippen molar-refractivity contribution < 1.29 is 19.1 Å². The summed E-state index contributed by atoms with van der Waals surface area (Å²) in [5.74, 6) is -1.94. The number of amides is 2. The number of nitrogens with one attached hydrogen (secondary N) is 1. The van der Waals surface area contributed by atoms with Crippen LogP contribution in [0.25, 0.3) is 0 Å². The summed E-state index contributed by atoms with van der Waals surface area (Å²) in [6.45, 7) is 1.53. The molecule has 0 radical (unpaired) electrons. The summed E-state index contributed by atoms with van der Waals surface area (Å²) in [7, 11) is 0. The second-order valence-electron chi connectivity index (χ2n) is 8.49. The highest BCUT2D eigenvalue weighted by molar-refractivity contribution is 5.83. The maximum absolute atomic E-state index is 14.4. The van der Waals surface area contributed by atoms with E-state index in [0.717, 1.165) is 18.1 Å². The van der Waals surface area contributed by atoms with Crippen LogP contribution in [0, 0.1) is 5.92 Å². The van der Waals surface area contributed by atoms with Crippen LogP contribution >= 0.6 is 0 Å². The van der Waals surface area contributed by atoms with Gasteiger partial charge < -0.3 is 21.9 Å². The summed E-state index contributed by atoms with van der Waals surface area (Å²) in [6.07, 6.45) is 1.20. The zero-order chi connectivity index (χ0) is 23.6. The zero-order valence-electron chi connectivity index (χ0n) is 18.6. The molecule has 0 spiro atoms. The van der Waals surface area contributed by atoms with E-state index in [1.807, 2.05) is 42.5 Å². The van der Waals surface area contributed by atoms with Gasteiger partial charge in [-0.25, -0.2) is 4.39 Å². The molecular formula is C25H34FN3O3. The van der Waals surface area contributed by atoms with Crippen LogP contribution in [0.15, 0.2) is 54.6 Å².